The lowest BCUT2D eigenvalue weighted by atomic mass is 10.1. The van der Waals surface area contributed by atoms with Gasteiger partial charge in [-0.05, 0) is 36.8 Å². The summed E-state index contributed by atoms with van der Waals surface area (Å²) in [5.74, 6) is 0. The molecule has 0 aliphatic carbocycles. The van der Waals surface area contributed by atoms with Crippen LogP contribution in [-0.2, 0) is 6.18 Å². The lowest BCUT2D eigenvalue weighted by molar-refractivity contribution is -0.136. The molecule has 0 radical (unpaired) electrons. The molecule has 0 bridgehead atoms. The van der Waals surface area contributed by atoms with Crippen LogP contribution in [0.25, 0.3) is 11.0 Å². The number of rotatable bonds is 2. The van der Waals surface area contributed by atoms with Gasteiger partial charge < -0.3 is 0 Å². The standard InChI is InChI=1S/C15H9BrCl2F3N3/c1-7(10-3-2-9(17)6-12(10)18)24-13-5-8(16)4-11(15(19,20)21)14(13)22-23-24/h2-7H,1H3. The van der Waals surface area contributed by atoms with Crippen LogP contribution in [0.3, 0.4) is 0 Å². The van der Waals surface area contributed by atoms with Gasteiger partial charge in [0.15, 0.2) is 0 Å². The fourth-order valence-corrected chi connectivity index (χ4v) is 3.49. The van der Waals surface area contributed by atoms with E-state index in [1.165, 1.54) is 4.68 Å². The predicted octanol–water partition coefficient (Wildman–Crippen LogP) is 6.13. The number of fused-ring (bicyclic) bond motifs is 1. The smallest absolute Gasteiger partial charge is 0.237 e. The quantitative estimate of drug-likeness (QED) is 0.481. The summed E-state index contributed by atoms with van der Waals surface area (Å²) in [4.78, 5) is 0. The SMILES string of the molecule is CC(c1ccc(Cl)cc1Cl)n1nnc2c(C(F)(F)F)cc(Br)cc21. The summed E-state index contributed by atoms with van der Waals surface area (Å²) in [5, 5.41) is 8.51. The van der Waals surface area contributed by atoms with Crippen LogP contribution in [0, 0.1) is 0 Å². The van der Waals surface area contributed by atoms with Crippen molar-refractivity contribution in [2.45, 2.75) is 19.1 Å². The highest BCUT2D eigenvalue weighted by Crippen LogP contribution is 2.37. The van der Waals surface area contributed by atoms with Crippen LogP contribution in [0.1, 0.15) is 24.1 Å². The van der Waals surface area contributed by atoms with Gasteiger partial charge in [0, 0.05) is 14.5 Å². The van der Waals surface area contributed by atoms with E-state index in [9.17, 15) is 13.2 Å². The highest BCUT2D eigenvalue weighted by Gasteiger charge is 2.35. The van der Waals surface area contributed by atoms with E-state index in [-0.39, 0.29) is 11.0 Å². The van der Waals surface area contributed by atoms with Crippen molar-refractivity contribution >= 4 is 50.2 Å². The van der Waals surface area contributed by atoms with Crippen molar-refractivity contribution in [3.8, 4) is 0 Å². The van der Waals surface area contributed by atoms with Crippen molar-refractivity contribution in [1.82, 2.24) is 15.0 Å². The van der Waals surface area contributed by atoms with Gasteiger partial charge in [-0.1, -0.05) is 50.4 Å². The van der Waals surface area contributed by atoms with Gasteiger partial charge in [-0.15, -0.1) is 5.10 Å². The molecule has 0 saturated heterocycles. The number of aromatic nitrogens is 3. The highest BCUT2D eigenvalue weighted by atomic mass is 79.9. The van der Waals surface area contributed by atoms with Crippen molar-refractivity contribution in [2.75, 3.05) is 0 Å². The molecule has 3 nitrogen and oxygen atoms in total. The zero-order valence-corrected chi connectivity index (χ0v) is 15.2. The maximum atomic E-state index is 13.2. The van der Waals surface area contributed by atoms with E-state index in [0.717, 1.165) is 6.07 Å². The van der Waals surface area contributed by atoms with E-state index in [4.69, 9.17) is 23.2 Å². The molecule has 0 amide bonds. The zero-order chi connectivity index (χ0) is 17.6. The van der Waals surface area contributed by atoms with Crippen LogP contribution in [0.5, 0.6) is 0 Å². The summed E-state index contributed by atoms with van der Waals surface area (Å²) >= 11 is 15.2. The third kappa shape index (κ3) is 3.12. The second kappa shape index (κ2) is 6.20. The summed E-state index contributed by atoms with van der Waals surface area (Å²) in [6.07, 6.45) is -4.52. The Morgan fingerprint density at radius 2 is 1.88 bits per heavy atom. The van der Waals surface area contributed by atoms with Crippen molar-refractivity contribution < 1.29 is 13.2 Å². The van der Waals surface area contributed by atoms with Crippen LogP contribution in [0.15, 0.2) is 34.8 Å². The molecule has 0 saturated carbocycles. The molecule has 1 heterocycles. The number of hydrogen-bond donors (Lipinski definition) is 0. The predicted molar refractivity (Wildman–Crippen MR) is 90.5 cm³/mol. The Kier molecular flexibility index (Phi) is 4.53. The van der Waals surface area contributed by atoms with Gasteiger partial charge in [-0.3, -0.25) is 0 Å². The van der Waals surface area contributed by atoms with Crippen LogP contribution in [0.2, 0.25) is 10.0 Å². The fraction of sp³-hybridized carbons (Fsp3) is 0.200. The van der Waals surface area contributed by atoms with E-state index in [1.807, 2.05) is 0 Å². The molecule has 0 aliphatic rings. The molecule has 3 rings (SSSR count). The van der Waals surface area contributed by atoms with Crippen LogP contribution < -0.4 is 0 Å². The summed E-state index contributed by atoms with van der Waals surface area (Å²) in [6.45, 7) is 1.78. The minimum atomic E-state index is -4.52. The van der Waals surface area contributed by atoms with Gasteiger partial charge in [-0.25, -0.2) is 4.68 Å². The first-order chi connectivity index (χ1) is 11.2. The molecule has 3 aromatic rings. The molecular weight excluding hydrogens is 430 g/mol. The summed E-state index contributed by atoms with van der Waals surface area (Å²) in [6, 6.07) is 7.06. The van der Waals surface area contributed by atoms with Gasteiger partial charge in [0.05, 0.1) is 17.1 Å². The maximum absolute atomic E-state index is 13.2. The lowest BCUT2D eigenvalue weighted by Gasteiger charge is -2.15. The van der Waals surface area contributed by atoms with Gasteiger partial charge in [0.2, 0.25) is 0 Å². The Morgan fingerprint density at radius 3 is 2.50 bits per heavy atom. The minimum absolute atomic E-state index is 0.206. The van der Waals surface area contributed by atoms with Crippen LogP contribution in [-0.4, -0.2) is 15.0 Å². The Balaban J connectivity index is 2.19. The monoisotopic (exact) mass is 437 g/mol. The Labute approximate surface area is 153 Å². The molecule has 1 aromatic heterocycles. The average molecular weight is 439 g/mol. The topological polar surface area (TPSA) is 30.7 Å². The molecule has 9 heteroatoms. The number of benzene rings is 2. The third-order valence-electron chi connectivity index (χ3n) is 3.63. The number of nitrogens with zero attached hydrogens (tertiary/aromatic N) is 3. The normalized spacial score (nSPS) is 13.5. The maximum Gasteiger partial charge on any atom is 0.418 e. The summed E-state index contributed by atoms with van der Waals surface area (Å²) in [7, 11) is 0. The van der Waals surface area contributed by atoms with E-state index in [1.54, 1.807) is 31.2 Å². The Morgan fingerprint density at radius 1 is 1.17 bits per heavy atom. The van der Waals surface area contributed by atoms with Gasteiger partial charge in [0.1, 0.15) is 5.52 Å². The second-order valence-corrected chi connectivity index (χ2v) is 6.95. The molecule has 0 aliphatic heterocycles. The van der Waals surface area contributed by atoms with Crippen molar-refractivity contribution in [3.63, 3.8) is 0 Å². The first kappa shape index (κ1) is 17.5. The summed E-state index contributed by atoms with van der Waals surface area (Å²) < 4.78 is 41.3. The number of hydrogen-bond acceptors (Lipinski definition) is 2. The molecular formula is C15H9BrCl2F3N3. The molecule has 0 N–H and O–H groups in total. The van der Waals surface area contributed by atoms with Gasteiger partial charge in [-0.2, -0.15) is 13.2 Å². The first-order valence-corrected chi connectivity index (χ1v) is 8.30. The number of alkyl halides is 3. The van der Waals surface area contributed by atoms with E-state index >= 15 is 0 Å². The van der Waals surface area contributed by atoms with E-state index < -0.39 is 17.8 Å². The molecule has 0 spiro atoms. The van der Waals surface area contributed by atoms with Gasteiger partial charge in [0.25, 0.3) is 0 Å². The Hall–Kier alpha value is -1.31. The largest absolute Gasteiger partial charge is 0.418 e. The molecule has 1 atom stereocenters. The van der Waals surface area contributed by atoms with E-state index in [0.29, 0.717) is 20.1 Å². The molecule has 126 valence electrons. The zero-order valence-electron chi connectivity index (χ0n) is 12.1. The molecule has 24 heavy (non-hydrogen) atoms. The van der Waals surface area contributed by atoms with Gasteiger partial charge >= 0.3 is 6.18 Å². The van der Waals surface area contributed by atoms with Crippen molar-refractivity contribution in [3.05, 3.63) is 56.0 Å². The lowest BCUT2D eigenvalue weighted by Crippen LogP contribution is -2.10. The Bertz CT molecular complexity index is 924. The van der Waals surface area contributed by atoms with Crippen molar-refractivity contribution in [1.29, 1.82) is 0 Å². The van der Waals surface area contributed by atoms with Crippen molar-refractivity contribution in [2.24, 2.45) is 0 Å². The molecule has 2 aromatic carbocycles. The van der Waals surface area contributed by atoms with E-state index in [2.05, 4.69) is 26.2 Å². The van der Waals surface area contributed by atoms with Crippen LogP contribution >= 0.6 is 39.1 Å². The first-order valence-electron chi connectivity index (χ1n) is 6.75. The average Bonchev–Trinajstić information content (AvgIpc) is 2.88. The highest BCUT2D eigenvalue weighted by molar-refractivity contribution is 9.10. The third-order valence-corrected chi connectivity index (χ3v) is 4.65. The second-order valence-electron chi connectivity index (χ2n) is 5.19. The molecule has 1 unspecified atom stereocenters. The minimum Gasteiger partial charge on any atom is -0.237 e. The van der Waals surface area contributed by atoms with Crippen LogP contribution in [0.4, 0.5) is 13.2 Å². The number of halogens is 6. The fourth-order valence-electron chi connectivity index (χ4n) is 2.48. The molecule has 0 fully saturated rings. The summed E-state index contributed by atoms with van der Waals surface area (Å²) in [5.41, 5.74) is -0.105.